The van der Waals surface area contributed by atoms with Gasteiger partial charge < -0.3 is 10.2 Å². The van der Waals surface area contributed by atoms with E-state index in [4.69, 9.17) is 0 Å². The lowest BCUT2D eigenvalue weighted by Crippen LogP contribution is -2.32. The summed E-state index contributed by atoms with van der Waals surface area (Å²) in [6.45, 7) is 9.45. The summed E-state index contributed by atoms with van der Waals surface area (Å²) in [4.78, 5) is 2.60. The lowest BCUT2D eigenvalue weighted by atomic mass is 10.1. The van der Waals surface area contributed by atoms with Crippen LogP contribution in [0.3, 0.4) is 0 Å². The van der Waals surface area contributed by atoms with Crippen molar-refractivity contribution in [2.45, 2.75) is 71.6 Å². The van der Waals surface area contributed by atoms with Crippen LogP contribution < -0.4 is 5.32 Å². The standard InChI is InChI=1S/C16H36N2/c1-4-6-7-8-9-10-11-12-15-18(14-5-2)16-13-17-3/h17H,4-16H2,1-3H3. The van der Waals surface area contributed by atoms with E-state index in [1.807, 2.05) is 7.05 Å². The highest BCUT2D eigenvalue weighted by atomic mass is 15.1. The summed E-state index contributed by atoms with van der Waals surface area (Å²) in [5, 5.41) is 3.25. The molecule has 2 nitrogen and oxygen atoms in total. The Kier molecular flexibility index (Phi) is 14.9. The van der Waals surface area contributed by atoms with E-state index < -0.39 is 0 Å². The zero-order valence-corrected chi connectivity index (χ0v) is 13.1. The lowest BCUT2D eigenvalue weighted by Gasteiger charge is -2.21. The quantitative estimate of drug-likeness (QED) is 0.472. The Labute approximate surface area is 116 Å². The molecule has 1 N–H and O–H groups in total. The van der Waals surface area contributed by atoms with Crippen LogP contribution in [0.4, 0.5) is 0 Å². The molecule has 0 saturated carbocycles. The third kappa shape index (κ3) is 12.4. The van der Waals surface area contributed by atoms with Gasteiger partial charge in [-0.2, -0.15) is 0 Å². The normalized spacial score (nSPS) is 11.3. The summed E-state index contributed by atoms with van der Waals surface area (Å²) in [5.74, 6) is 0. The van der Waals surface area contributed by atoms with Crippen LogP contribution in [-0.2, 0) is 0 Å². The molecule has 0 rings (SSSR count). The maximum atomic E-state index is 3.25. The Hall–Kier alpha value is -0.0800. The molecule has 0 spiro atoms. The van der Waals surface area contributed by atoms with Gasteiger partial charge in [0.1, 0.15) is 0 Å². The number of likely N-dealkylation sites (N-methyl/N-ethyl adjacent to an activating group) is 1. The second-order valence-electron chi connectivity index (χ2n) is 5.42. The summed E-state index contributed by atoms with van der Waals surface area (Å²) in [6.07, 6.45) is 12.7. The molecule has 0 aromatic heterocycles. The smallest absolute Gasteiger partial charge is 0.0107 e. The van der Waals surface area contributed by atoms with Gasteiger partial charge in [-0.3, -0.25) is 0 Å². The molecule has 0 fully saturated rings. The molecule has 0 bridgehead atoms. The Morgan fingerprint density at radius 2 is 1.28 bits per heavy atom. The number of hydrogen-bond acceptors (Lipinski definition) is 2. The van der Waals surface area contributed by atoms with Crippen molar-refractivity contribution in [1.29, 1.82) is 0 Å². The monoisotopic (exact) mass is 256 g/mol. The molecule has 0 unspecified atom stereocenters. The summed E-state index contributed by atoms with van der Waals surface area (Å²) in [6, 6.07) is 0. The van der Waals surface area contributed by atoms with Crippen LogP contribution in [-0.4, -0.2) is 38.1 Å². The number of rotatable bonds is 14. The van der Waals surface area contributed by atoms with Crippen LogP contribution in [0.1, 0.15) is 71.6 Å². The Bertz CT molecular complexity index is 148. The fourth-order valence-corrected chi connectivity index (χ4v) is 2.39. The fraction of sp³-hybridized carbons (Fsp3) is 1.00. The number of nitrogens with zero attached hydrogens (tertiary/aromatic N) is 1. The average molecular weight is 256 g/mol. The summed E-state index contributed by atoms with van der Waals surface area (Å²) >= 11 is 0. The van der Waals surface area contributed by atoms with E-state index in [-0.39, 0.29) is 0 Å². The Morgan fingerprint density at radius 3 is 1.83 bits per heavy atom. The molecule has 0 atom stereocenters. The van der Waals surface area contributed by atoms with Gasteiger partial charge in [-0.25, -0.2) is 0 Å². The van der Waals surface area contributed by atoms with Gasteiger partial charge in [0.25, 0.3) is 0 Å². The molecular formula is C16H36N2. The van der Waals surface area contributed by atoms with Crippen LogP contribution in [0.5, 0.6) is 0 Å². The van der Waals surface area contributed by atoms with Crippen molar-refractivity contribution in [2.75, 3.05) is 33.2 Å². The minimum Gasteiger partial charge on any atom is -0.318 e. The van der Waals surface area contributed by atoms with E-state index in [1.165, 1.54) is 77.4 Å². The minimum atomic E-state index is 1.12. The van der Waals surface area contributed by atoms with Gasteiger partial charge in [0.05, 0.1) is 0 Å². The van der Waals surface area contributed by atoms with Gasteiger partial charge in [0, 0.05) is 13.1 Å². The van der Waals surface area contributed by atoms with Crippen molar-refractivity contribution < 1.29 is 0 Å². The van der Waals surface area contributed by atoms with E-state index in [1.54, 1.807) is 0 Å². The van der Waals surface area contributed by atoms with Gasteiger partial charge >= 0.3 is 0 Å². The molecule has 0 aromatic carbocycles. The van der Waals surface area contributed by atoms with Crippen LogP contribution in [0.25, 0.3) is 0 Å². The molecular weight excluding hydrogens is 220 g/mol. The predicted molar refractivity (Wildman–Crippen MR) is 83.3 cm³/mol. The minimum absolute atomic E-state index is 1.12. The van der Waals surface area contributed by atoms with E-state index in [0.717, 1.165) is 6.54 Å². The summed E-state index contributed by atoms with van der Waals surface area (Å²) in [7, 11) is 2.04. The van der Waals surface area contributed by atoms with Gasteiger partial charge in [0.15, 0.2) is 0 Å². The second-order valence-corrected chi connectivity index (χ2v) is 5.42. The van der Waals surface area contributed by atoms with E-state index in [0.29, 0.717) is 0 Å². The first-order chi connectivity index (χ1) is 8.85. The molecule has 2 heteroatoms. The average Bonchev–Trinajstić information content (AvgIpc) is 2.39. The zero-order valence-electron chi connectivity index (χ0n) is 13.1. The molecule has 0 heterocycles. The third-order valence-electron chi connectivity index (χ3n) is 3.55. The van der Waals surface area contributed by atoms with E-state index in [9.17, 15) is 0 Å². The van der Waals surface area contributed by atoms with Crippen LogP contribution in [0, 0.1) is 0 Å². The molecule has 0 aliphatic heterocycles. The first kappa shape index (κ1) is 17.9. The highest BCUT2D eigenvalue weighted by Crippen LogP contribution is 2.08. The molecule has 0 aliphatic carbocycles. The van der Waals surface area contributed by atoms with Gasteiger partial charge in [-0.05, 0) is 33.0 Å². The maximum absolute atomic E-state index is 3.25. The first-order valence-electron chi connectivity index (χ1n) is 8.22. The summed E-state index contributed by atoms with van der Waals surface area (Å²) in [5.41, 5.74) is 0. The van der Waals surface area contributed by atoms with E-state index in [2.05, 4.69) is 24.1 Å². The topological polar surface area (TPSA) is 15.3 Å². The lowest BCUT2D eigenvalue weighted by molar-refractivity contribution is 0.269. The number of hydrogen-bond donors (Lipinski definition) is 1. The van der Waals surface area contributed by atoms with E-state index >= 15 is 0 Å². The molecule has 18 heavy (non-hydrogen) atoms. The fourth-order valence-electron chi connectivity index (χ4n) is 2.39. The zero-order chi connectivity index (χ0) is 13.5. The van der Waals surface area contributed by atoms with Gasteiger partial charge in [-0.15, -0.1) is 0 Å². The largest absolute Gasteiger partial charge is 0.318 e. The van der Waals surface area contributed by atoms with Crippen molar-refractivity contribution in [3.8, 4) is 0 Å². The number of nitrogens with one attached hydrogen (secondary N) is 1. The second kappa shape index (κ2) is 15.0. The van der Waals surface area contributed by atoms with Crippen molar-refractivity contribution in [3.05, 3.63) is 0 Å². The van der Waals surface area contributed by atoms with Crippen LogP contribution in [0.2, 0.25) is 0 Å². The molecule has 0 radical (unpaired) electrons. The maximum Gasteiger partial charge on any atom is 0.0107 e. The number of unbranched alkanes of at least 4 members (excludes halogenated alkanes) is 7. The summed E-state index contributed by atoms with van der Waals surface area (Å²) < 4.78 is 0. The molecule has 110 valence electrons. The highest BCUT2D eigenvalue weighted by molar-refractivity contribution is 4.59. The highest BCUT2D eigenvalue weighted by Gasteiger charge is 2.02. The third-order valence-corrected chi connectivity index (χ3v) is 3.55. The van der Waals surface area contributed by atoms with Crippen LogP contribution in [0.15, 0.2) is 0 Å². The Morgan fingerprint density at radius 1 is 0.667 bits per heavy atom. The first-order valence-corrected chi connectivity index (χ1v) is 8.22. The van der Waals surface area contributed by atoms with Crippen molar-refractivity contribution in [3.63, 3.8) is 0 Å². The molecule has 0 aromatic rings. The molecule has 0 aliphatic rings. The predicted octanol–water partition coefficient (Wildman–Crippen LogP) is 4.06. The van der Waals surface area contributed by atoms with Crippen molar-refractivity contribution in [2.24, 2.45) is 0 Å². The van der Waals surface area contributed by atoms with Crippen molar-refractivity contribution in [1.82, 2.24) is 10.2 Å². The van der Waals surface area contributed by atoms with Gasteiger partial charge in [0.2, 0.25) is 0 Å². The van der Waals surface area contributed by atoms with Crippen molar-refractivity contribution >= 4 is 0 Å². The molecule has 0 saturated heterocycles. The van der Waals surface area contributed by atoms with Gasteiger partial charge in [-0.1, -0.05) is 58.8 Å². The van der Waals surface area contributed by atoms with Crippen LogP contribution >= 0.6 is 0 Å². The SMILES string of the molecule is CCCCCCCCCCN(CCC)CCNC. The molecule has 0 amide bonds. The Balaban J connectivity index is 3.31.